The van der Waals surface area contributed by atoms with Gasteiger partial charge in [0.25, 0.3) is 5.08 Å². The molecule has 8 nitrogen and oxygen atoms in total. The van der Waals surface area contributed by atoms with Gasteiger partial charge in [0.2, 0.25) is 0 Å². The Morgan fingerprint density at radius 1 is 1.05 bits per heavy atom. The first-order valence-electron chi connectivity index (χ1n) is 5.94. The Hall–Kier alpha value is 0.220. The quantitative estimate of drug-likeness (QED) is 0.408. The molecule has 0 aromatic carbocycles. The van der Waals surface area contributed by atoms with Gasteiger partial charge in [-0.2, -0.15) is 0 Å². The second-order valence-electron chi connectivity index (χ2n) is 4.56. The zero-order valence-electron chi connectivity index (χ0n) is 11.3. The van der Waals surface area contributed by atoms with E-state index < -0.39 is 26.7 Å². The minimum atomic E-state index is -5.35. The molecule has 0 fully saturated rings. The number of nitrogens with zero attached hydrogens (tertiary/aromatic N) is 1. The molecule has 0 aliphatic carbocycles. The molecule has 0 amide bonds. The van der Waals surface area contributed by atoms with E-state index in [-0.39, 0.29) is 12.6 Å². The predicted molar refractivity (Wildman–Crippen MR) is 70.7 cm³/mol. The van der Waals surface area contributed by atoms with Crippen LogP contribution in [0.15, 0.2) is 0 Å². The Bertz CT molecular complexity index is 351. The first kappa shape index (κ1) is 19.2. The molecule has 0 atom stereocenters. The van der Waals surface area contributed by atoms with E-state index in [0.29, 0.717) is 0 Å². The van der Waals surface area contributed by atoms with Crippen LogP contribution in [0.1, 0.15) is 33.1 Å². The summed E-state index contributed by atoms with van der Waals surface area (Å²) in [6.07, 6.45) is 0.878. The van der Waals surface area contributed by atoms with Gasteiger partial charge in [-0.25, -0.2) is 0 Å². The first-order valence-corrected chi connectivity index (χ1v) is 9.17. The molecule has 19 heavy (non-hydrogen) atoms. The van der Waals surface area contributed by atoms with Gasteiger partial charge >= 0.3 is 15.2 Å². The number of hydrogen-bond donors (Lipinski definition) is 5. The molecule has 0 saturated carbocycles. The van der Waals surface area contributed by atoms with Crippen LogP contribution in [0.4, 0.5) is 0 Å². The summed E-state index contributed by atoms with van der Waals surface area (Å²) >= 11 is 0. The molecule has 0 saturated heterocycles. The summed E-state index contributed by atoms with van der Waals surface area (Å²) in [4.78, 5) is 37.7. The van der Waals surface area contributed by atoms with E-state index in [1.807, 2.05) is 13.8 Å². The first-order chi connectivity index (χ1) is 8.40. The highest BCUT2D eigenvalue weighted by Crippen LogP contribution is 2.68. The molecule has 0 spiro atoms. The minimum Gasteiger partial charge on any atom is -0.367 e. The average molecular weight is 319 g/mol. The molecule has 0 heterocycles. The Morgan fingerprint density at radius 3 is 1.68 bits per heavy atom. The van der Waals surface area contributed by atoms with Crippen LogP contribution in [0.2, 0.25) is 0 Å². The van der Waals surface area contributed by atoms with E-state index in [0.717, 1.165) is 12.8 Å². The Kier molecular flexibility index (Phi) is 6.86. The van der Waals surface area contributed by atoms with Crippen molar-refractivity contribution in [2.24, 2.45) is 0 Å². The van der Waals surface area contributed by atoms with Crippen LogP contribution in [-0.4, -0.2) is 54.3 Å². The van der Waals surface area contributed by atoms with Crippen molar-refractivity contribution in [2.75, 3.05) is 13.6 Å². The van der Waals surface area contributed by atoms with Crippen molar-refractivity contribution < 1.29 is 33.8 Å². The number of rotatable bonds is 8. The van der Waals surface area contributed by atoms with Crippen LogP contribution >= 0.6 is 15.2 Å². The predicted octanol–water partition coefficient (Wildman–Crippen LogP) is 0.498. The van der Waals surface area contributed by atoms with Crippen molar-refractivity contribution in [1.82, 2.24) is 4.90 Å². The van der Waals surface area contributed by atoms with Gasteiger partial charge in [0.1, 0.15) is 0 Å². The Balaban J connectivity index is 5.01. The molecule has 0 aliphatic heterocycles. The monoisotopic (exact) mass is 319 g/mol. The van der Waals surface area contributed by atoms with Crippen LogP contribution in [0.5, 0.6) is 0 Å². The maximum Gasteiger partial charge on any atom is 0.369 e. The van der Waals surface area contributed by atoms with Crippen LogP contribution in [0.3, 0.4) is 0 Å². The summed E-state index contributed by atoms with van der Waals surface area (Å²) in [5, 5.41) is 6.39. The topological polar surface area (TPSA) is 139 Å². The largest absolute Gasteiger partial charge is 0.369 e. The van der Waals surface area contributed by atoms with E-state index in [9.17, 15) is 14.2 Å². The molecule has 0 unspecified atom stereocenters. The van der Waals surface area contributed by atoms with Gasteiger partial charge in [0.15, 0.2) is 0 Å². The molecule has 0 rings (SSSR count). The van der Waals surface area contributed by atoms with Crippen LogP contribution < -0.4 is 0 Å². The van der Waals surface area contributed by atoms with Gasteiger partial charge in [-0.3, -0.25) is 9.13 Å². The molecule has 0 bridgehead atoms. The van der Waals surface area contributed by atoms with Gasteiger partial charge in [-0.1, -0.05) is 13.8 Å². The van der Waals surface area contributed by atoms with Crippen molar-refractivity contribution in [3.63, 3.8) is 0 Å². The normalized spacial score (nSPS) is 14.4. The van der Waals surface area contributed by atoms with Gasteiger partial charge in [-0.05, 0) is 19.9 Å². The van der Waals surface area contributed by atoms with Crippen LogP contribution in [0.25, 0.3) is 0 Å². The van der Waals surface area contributed by atoms with Crippen molar-refractivity contribution in [3.8, 4) is 0 Å². The highest BCUT2D eigenvalue weighted by molar-refractivity contribution is 7.72. The Morgan fingerprint density at radius 2 is 1.42 bits per heavy atom. The lowest BCUT2D eigenvalue weighted by atomic mass is 10.1. The summed E-state index contributed by atoms with van der Waals surface area (Å²) in [6.45, 7) is 3.84. The fourth-order valence-electron chi connectivity index (χ4n) is 1.88. The van der Waals surface area contributed by atoms with Crippen molar-refractivity contribution in [2.45, 2.75) is 44.2 Å². The molecule has 5 N–H and O–H groups in total. The minimum absolute atomic E-state index is 0.0287. The lowest BCUT2D eigenvalue weighted by Crippen LogP contribution is -2.37. The summed E-state index contributed by atoms with van der Waals surface area (Å²) < 4.78 is 22.3. The summed E-state index contributed by atoms with van der Waals surface area (Å²) in [7, 11) is -9.02. The summed E-state index contributed by atoms with van der Waals surface area (Å²) in [5.41, 5.74) is 0. The third-order valence-electron chi connectivity index (χ3n) is 3.30. The van der Waals surface area contributed by atoms with E-state index in [2.05, 4.69) is 0 Å². The van der Waals surface area contributed by atoms with Crippen molar-refractivity contribution >= 4 is 15.2 Å². The Labute approximate surface area is 112 Å². The molecule has 0 aromatic rings. The second-order valence-corrected chi connectivity index (χ2v) is 8.57. The van der Waals surface area contributed by atoms with E-state index in [1.165, 1.54) is 0 Å². The standard InChI is InChI=1S/C9H23NO7P2/c1-4-8(5-2)10(3)7-6-9(11,18(12,13)14)19(15,16)17/h8,11H,4-7H2,1-3H3,(H2,12,13,14)(H2,15,16,17). The number of aliphatic hydroxyl groups is 1. The van der Waals surface area contributed by atoms with Crippen LogP contribution in [0, 0.1) is 0 Å². The maximum atomic E-state index is 11.2. The smallest absolute Gasteiger partial charge is 0.367 e. The molecule has 0 aliphatic rings. The highest BCUT2D eigenvalue weighted by atomic mass is 31.2. The second kappa shape index (κ2) is 6.78. The zero-order valence-corrected chi connectivity index (χ0v) is 13.1. The van der Waals surface area contributed by atoms with Gasteiger partial charge in [0, 0.05) is 19.0 Å². The molecule has 0 aromatic heterocycles. The highest BCUT2D eigenvalue weighted by Gasteiger charge is 2.58. The fourth-order valence-corrected chi connectivity index (χ4v) is 4.02. The molecule has 116 valence electrons. The molecule has 10 heteroatoms. The van der Waals surface area contributed by atoms with Gasteiger partial charge < -0.3 is 29.6 Å². The zero-order chi connectivity index (χ0) is 15.5. The average Bonchev–Trinajstić information content (AvgIpc) is 2.24. The van der Waals surface area contributed by atoms with Crippen molar-refractivity contribution in [1.29, 1.82) is 0 Å². The molecular weight excluding hydrogens is 296 g/mol. The number of hydrogen-bond acceptors (Lipinski definition) is 4. The summed E-state index contributed by atoms with van der Waals surface area (Å²) in [6, 6.07) is 0.123. The van der Waals surface area contributed by atoms with Gasteiger partial charge in [-0.15, -0.1) is 0 Å². The third-order valence-corrected chi connectivity index (χ3v) is 7.18. The van der Waals surface area contributed by atoms with E-state index >= 15 is 0 Å². The third kappa shape index (κ3) is 4.62. The van der Waals surface area contributed by atoms with Crippen molar-refractivity contribution in [3.05, 3.63) is 0 Å². The van der Waals surface area contributed by atoms with E-state index in [1.54, 1.807) is 11.9 Å². The lowest BCUT2D eigenvalue weighted by molar-refractivity contribution is 0.104. The maximum absolute atomic E-state index is 11.2. The van der Waals surface area contributed by atoms with Gasteiger partial charge in [0.05, 0.1) is 0 Å². The molecule has 0 radical (unpaired) electrons. The SMILES string of the molecule is CCC(CC)N(C)CCC(O)(P(=O)(O)O)P(=O)(O)O. The summed E-state index contributed by atoms with van der Waals surface area (Å²) in [5.74, 6) is 0. The molecular formula is C9H23NO7P2. The fraction of sp³-hybridized carbons (Fsp3) is 1.00. The van der Waals surface area contributed by atoms with E-state index in [4.69, 9.17) is 19.6 Å². The lowest BCUT2D eigenvalue weighted by Gasteiger charge is -2.33. The van der Waals surface area contributed by atoms with Crippen LogP contribution in [-0.2, 0) is 9.13 Å².